The average molecular weight is 497 g/mol. The Bertz CT molecular complexity index is 1120. The van der Waals surface area contributed by atoms with Crippen molar-refractivity contribution in [3.05, 3.63) is 47.5 Å². The summed E-state index contributed by atoms with van der Waals surface area (Å²) in [5.74, 6) is -2.28. The minimum Gasteiger partial charge on any atom is -0.373 e. The number of rotatable bonds is 6. The fourth-order valence-corrected chi connectivity index (χ4v) is 4.05. The number of alkyl halides is 3. The number of carbonyl (C=O) groups excluding carboxylic acids is 1. The van der Waals surface area contributed by atoms with E-state index in [-0.39, 0.29) is 15.6 Å². The van der Waals surface area contributed by atoms with Crippen molar-refractivity contribution in [1.29, 1.82) is 0 Å². The number of nitrogens with two attached hydrogens (primary N) is 2. The van der Waals surface area contributed by atoms with Crippen molar-refractivity contribution in [2.75, 3.05) is 5.32 Å². The summed E-state index contributed by atoms with van der Waals surface area (Å²) in [6, 6.07) is 9.69. The molecule has 0 bridgehead atoms. The molecular formula is C17H16ClF3N4O4S2. The van der Waals surface area contributed by atoms with Crippen molar-refractivity contribution in [3.63, 3.8) is 0 Å². The number of carbonyl (C=O) groups is 1. The Kier molecular flexibility index (Phi) is 7.15. The van der Waals surface area contributed by atoms with Crippen LogP contribution in [0.1, 0.15) is 6.92 Å². The molecule has 2 aromatic rings. The van der Waals surface area contributed by atoms with Gasteiger partial charge in [-0.3, -0.25) is 4.79 Å². The zero-order valence-electron chi connectivity index (χ0n) is 15.6. The number of hydrogen-bond acceptors (Lipinski definition) is 5. The van der Waals surface area contributed by atoms with Crippen LogP contribution in [0.15, 0.2) is 61.5 Å². The summed E-state index contributed by atoms with van der Waals surface area (Å²) in [5.41, 5.74) is 6.45. The maximum Gasteiger partial charge on any atom is 0.426 e. The zero-order chi connectivity index (χ0) is 23.6. The SMILES string of the molecule is CC(O)(C(=O)Nc1ccc(Sc2ccc(S(=O)(=O)N=C(N)N)cc2)cc1Cl)C(F)(F)F. The van der Waals surface area contributed by atoms with E-state index in [0.717, 1.165) is 0 Å². The third-order valence-electron chi connectivity index (χ3n) is 3.77. The Morgan fingerprint density at radius 1 is 1.13 bits per heavy atom. The number of anilines is 1. The van der Waals surface area contributed by atoms with Gasteiger partial charge in [0.05, 0.1) is 15.6 Å². The molecule has 1 atom stereocenters. The lowest BCUT2D eigenvalue weighted by molar-refractivity contribution is -0.242. The van der Waals surface area contributed by atoms with Gasteiger partial charge in [0, 0.05) is 9.79 Å². The fourth-order valence-electron chi connectivity index (χ4n) is 2.04. The van der Waals surface area contributed by atoms with Gasteiger partial charge in [-0.1, -0.05) is 23.4 Å². The highest BCUT2D eigenvalue weighted by Crippen LogP contribution is 2.35. The summed E-state index contributed by atoms with van der Waals surface area (Å²) >= 11 is 7.19. The number of sulfonamides is 1. The lowest BCUT2D eigenvalue weighted by Crippen LogP contribution is -2.52. The second-order valence-corrected chi connectivity index (χ2v) is 9.39. The number of amides is 1. The molecule has 2 aromatic carbocycles. The first kappa shape index (κ1) is 24.8. The molecule has 0 spiro atoms. The molecule has 0 aliphatic heterocycles. The van der Waals surface area contributed by atoms with Crippen LogP contribution < -0.4 is 16.8 Å². The van der Waals surface area contributed by atoms with E-state index in [9.17, 15) is 31.5 Å². The summed E-state index contributed by atoms with van der Waals surface area (Å²) in [5, 5.41) is 11.3. The summed E-state index contributed by atoms with van der Waals surface area (Å²) in [4.78, 5) is 12.8. The van der Waals surface area contributed by atoms with Gasteiger partial charge in [-0.25, -0.2) is 0 Å². The molecule has 0 fully saturated rings. The van der Waals surface area contributed by atoms with Crippen molar-refractivity contribution >= 4 is 50.9 Å². The predicted octanol–water partition coefficient (Wildman–Crippen LogP) is 2.71. The van der Waals surface area contributed by atoms with Crippen LogP contribution in [0.4, 0.5) is 18.9 Å². The highest BCUT2D eigenvalue weighted by molar-refractivity contribution is 7.99. The Balaban J connectivity index is 2.16. The van der Waals surface area contributed by atoms with Gasteiger partial charge in [0.15, 0.2) is 0 Å². The summed E-state index contributed by atoms with van der Waals surface area (Å²) in [6.45, 7) is 0.331. The van der Waals surface area contributed by atoms with Gasteiger partial charge in [-0.15, -0.1) is 4.40 Å². The summed E-state index contributed by atoms with van der Waals surface area (Å²) in [7, 11) is -4.03. The van der Waals surface area contributed by atoms with E-state index in [4.69, 9.17) is 23.1 Å². The minimum absolute atomic E-state index is 0.0664. The molecule has 31 heavy (non-hydrogen) atoms. The molecule has 8 nitrogen and oxygen atoms in total. The van der Waals surface area contributed by atoms with Crippen molar-refractivity contribution < 1.29 is 31.5 Å². The Morgan fingerprint density at radius 2 is 1.68 bits per heavy atom. The number of guanidine groups is 1. The van der Waals surface area contributed by atoms with Gasteiger partial charge in [-0.05, 0) is 49.4 Å². The van der Waals surface area contributed by atoms with E-state index in [1.807, 2.05) is 5.32 Å². The van der Waals surface area contributed by atoms with E-state index in [1.54, 1.807) is 0 Å². The number of benzene rings is 2. The van der Waals surface area contributed by atoms with Crippen LogP contribution in [-0.4, -0.2) is 37.2 Å². The second-order valence-electron chi connectivity index (χ2n) is 6.23. The molecule has 0 aliphatic rings. The lowest BCUT2D eigenvalue weighted by Gasteiger charge is -2.25. The third kappa shape index (κ3) is 6.03. The Hall–Kier alpha value is -2.48. The lowest BCUT2D eigenvalue weighted by atomic mass is 10.1. The van der Waals surface area contributed by atoms with Gasteiger partial charge in [0.2, 0.25) is 11.6 Å². The van der Waals surface area contributed by atoms with Crippen LogP contribution in [0.25, 0.3) is 0 Å². The number of halogens is 4. The smallest absolute Gasteiger partial charge is 0.373 e. The second kappa shape index (κ2) is 8.94. The van der Waals surface area contributed by atoms with Crippen molar-refractivity contribution in [3.8, 4) is 0 Å². The van der Waals surface area contributed by atoms with Crippen molar-refractivity contribution in [2.24, 2.45) is 15.9 Å². The van der Waals surface area contributed by atoms with E-state index in [1.165, 1.54) is 54.2 Å². The van der Waals surface area contributed by atoms with Crippen LogP contribution in [0.3, 0.4) is 0 Å². The van der Waals surface area contributed by atoms with Gasteiger partial charge >= 0.3 is 6.18 Å². The third-order valence-corrected chi connectivity index (χ3v) is 6.40. The highest BCUT2D eigenvalue weighted by atomic mass is 35.5. The normalized spacial score (nSPS) is 13.9. The van der Waals surface area contributed by atoms with Crippen LogP contribution in [0.2, 0.25) is 5.02 Å². The first-order chi connectivity index (χ1) is 14.1. The van der Waals surface area contributed by atoms with E-state index in [0.29, 0.717) is 16.7 Å². The Morgan fingerprint density at radius 3 is 2.16 bits per heavy atom. The maximum absolute atomic E-state index is 12.8. The first-order valence-electron chi connectivity index (χ1n) is 8.17. The van der Waals surface area contributed by atoms with Gasteiger partial charge in [0.25, 0.3) is 15.9 Å². The average Bonchev–Trinajstić information content (AvgIpc) is 2.62. The molecule has 168 valence electrons. The number of hydrogen-bond donors (Lipinski definition) is 4. The molecule has 0 saturated carbocycles. The first-order valence-corrected chi connectivity index (χ1v) is 10.8. The van der Waals surface area contributed by atoms with Crippen LogP contribution in [-0.2, 0) is 14.8 Å². The molecule has 2 rings (SSSR count). The van der Waals surface area contributed by atoms with Crippen molar-refractivity contribution in [2.45, 2.75) is 33.4 Å². The maximum atomic E-state index is 12.8. The fraction of sp³-hybridized carbons (Fsp3) is 0.176. The van der Waals surface area contributed by atoms with E-state index >= 15 is 0 Å². The molecule has 1 unspecified atom stereocenters. The van der Waals surface area contributed by atoms with E-state index < -0.39 is 33.7 Å². The van der Waals surface area contributed by atoms with Crippen LogP contribution >= 0.6 is 23.4 Å². The molecule has 0 heterocycles. The largest absolute Gasteiger partial charge is 0.426 e. The molecule has 0 radical (unpaired) electrons. The molecule has 14 heteroatoms. The highest BCUT2D eigenvalue weighted by Gasteiger charge is 2.55. The minimum atomic E-state index is -5.17. The number of nitrogens with zero attached hydrogens (tertiary/aromatic N) is 1. The van der Waals surface area contributed by atoms with Crippen LogP contribution in [0, 0.1) is 0 Å². The molecule has 0 aliphatic carbocycles. The van der Waals surface area contributed by atoms with Gasteiger partial charge in [0.1, 0.15) is 0 Å². The Labute approximate surface area is 184 Å². The molecule has 0 saturated heterocycles. The molecule has 6 N–H and O–H groups in total. The van der Waals surface area contributed by atoms with Gasteiger partial charge < -0.3 is 21.9 Å². The zero-order valence-corrected chi connectivity index (χ0v) is 18.0. The van der Waals surface area contributed by atoms with Gasteiger partial charge in [-0.2, -0.15) is 21.6 Å². The molecule has 0 aromatic heterocycles. The topological polar surface area (TPSA) is 148 Å². The standard InChI is InChI=1S/C17H16ClF3N4O4S2/c1-16(27,17(19,20)21)14(26)24-13-7-4-10(8-12(13)18)30-9-2-5-11(6-3-9)31(28,29)25-15(22)23/h2-8,27H,1H3,(H,24,26)(H4,22,23,25). The summed E-state index contributed by atoms with van der Waals surface area (Å²) < 4.78 is 65.3. The van der Waals surface area contributed by atoms with E-state index in [2.05, 4.69) is 4.40 Å². The van der Waals surface area contributed by atoms with Crippen LogP contribution in [0.5, 0.6) is 0 Å². The van der Waals surface area contributed by atoms with Crippen molar-refractivity contribution in [1.82, 2.24) is 0 Å². The quantitative estimate of drug-likeness (QED) is 0.355. The number of aliphatic hydroxyl groups is 1. The number of nitrogens with one attached hydrogen (secondary N) is 1. The monoisotopic (exact) mass is 496 g/mol. The summed E-state index contributed by atoms with van der Waals surface area (Å²) in [6.07, 6.45) is -5.17. The molecular weight excluding hydrogens is 481 g/mol. The molecule has 1 amide bonds. The predicted molar refractivity (Wildman–Crippen MR) is 110 cm³/mol.